The van der Waals surface area contributed by atoms with Crippen molar-refractivity contribution in [1.82, 2.24) is 5.32 Å². The maximum Gasteiger partial charge on any atom is 0.122 e. The van der Waals surface area contributed by atoms with Crippen LogP contribution in [0.15, 0.2) is 42.5 Å². The van der Waals surface area contributed by atoms with Gasteiger partial charge < -0.3 is 20.3 Å². The molecule has 0 bridgehead atoms. The summed E-state index contributed by atoms with van der Waals surface area (Å²) in [5, 5.41) is 22.7. The maximum atomic E-state index is 10.1. The van der Waals surface area contributed by atoms with Crippen LogP contribution in [0.25, 0.3) is 0 Å². The molecule has 2 aromatic carbocycles. The summed E-state index contributed by atoms with van der Waals surface area (Å²) >= 11 is 0. The molecule has 0 aromatic heterocycles. The lowest BCUT2D eigenvalue weighted by Gasteiger charge is -2.18. The van der Waals surface area contributed by atoms with Crippen LogP contribution < -0.4 is 10.1 Å². The number of ether oxygens (including phenoxy) is 1. The summed E-state index contributed by atoms with van der Waals surface area (Å²) in [5.74, 6) is 1.10. The molecule has 24 heavy (non-hydrogen) atoms. The second-order valence-electron chi connectivity index (χ2n) is 6.34. The van der Waals surface area contributed by atoms with Crippen molar-refractivity contribution in [1.29, 1.82) is 0 Å². The third-order valence-electron chi connectivity index (χ3n) is 4.17. The van der Waals surface area contributed by atoms with Crippen LogP contribution in [-0.4, -0.2) is 35.5 Å². The van der Waals surface area contributed by atoms with Gasteiger partial charge in [-0.05, 0) is 62.1 Å². The second kappa shape index (κ2) is 8.71. The van der Waals surface area contributed by atoms with E-state index >= 15 is 0 Å². The molecule has 0 saturated heterocycles. The molecule has 4 heteroatoms. The third-order valence-corrected chi connectivity index (χ3v) is 4.17. The Balaban J connectivity index is 1.73. The molecule has 0 spiro atoms. The van der Waals surface area contributed by atoms with Crippen molar-refractivity contribution in [3.05, 3.63) is 59.2 Å². The van der Waals surface area contributed by atoms with Gasteiger partial charge in [0.1, 0.15) is 24.2 Å². The van der Waals surface area contributed by atoms with Crippen molar-refractivity contribution in [3.63, 3.8) is 0 Å². The largest absolute Gasteiger partial charge is 0.508 e. The van der Waals surface area contributed by atoms with Crippen LogP contribution in [0.3, 0.4) is 0 Å². The number of benzene rings is 2. The number of aromatic hydroxyl groups is 1. The first kappa shape index (κ1) is 18.3. The molecule has 130 valence electrons. The van der Waals surface area contributed by atoms with Gasteiger partial charge in [0.15, 0.2) is 0 Å². The van der Waals surface area contributed by atoms with E-state index in [1.54, 1.807) is 12.1 Å². The van der Waals surface area contributed by atoms with Gasteiger partial charge in [0, 0.05) is 12.6 Å². The van der Waals surface area contributed by atoms with E-state index < -0.39 is 6.10 Å². The Labute approximate surface area is 144 Å². The molecule has 0 radical (unpaired) electrons. The van der Waals surface area contributed by atoms with E-state index in [4.69, 9.17) is 4.74 Å². The van der Waals surface area contributed by atoms with Gasteiger partial charge >= 0.3 is 0 Å². The summed E-state index contributed by atoms with van der Waals surface area (Å²) in [6.45, 7) is 6.89. The summed E-state index contributed by atoms with van der Waals surface area (Å²) in [5.41, 5.74) is 3.44. The lowest BCUT2D eigenvalue weighted by atomic mass is 10.1. The van der Waals surface area contributed by atoms with E-state index in [1.165, 1.54) is 5.56 Å². The Bertz CT molecular complexity index is 640. The highest BCUT2D eigenvalue weighted by Crippen LogP contribution is 2.20. The zero-order chi connectivity index (χ0) is 17.5. The normalized spacial score (nSPS) is 13.5. The van der Waals surface area contributed by atoms with E-state index in [-0.39, 0.29) is 18.4 Å². The number of nitrogens with one attached hydrogen (secondary N) is 1. The first-order valence-corrected chi connectivity index (χ1v) is 8.34. The molecule has 3 N–H and O–H groups in total. The number of hydrogen-bond acceptors (Lipinski definition) is 4. The fraction of sp³-hybridized carbons (Fsp3) is 0.400. The summed E-state index contributed by atoms with van der Waals surface area (Å²) in [6.07, 6.45) is 0.275. The van der Waals surface area contributed by atoms with Crippen LogP contribution in [0.4, 0.5) is 0 Å². The summed E-state index contributed by atoms with van der Waals surface area (Å²) in [4.78, 5) is 0. The summed E-state index contributed by atoms with van der Waals surface area (Å²) < 4.78 is 5.73. The minimum Gasteiger partial charge on any atom is -0.508 e. The van der Waals surface area contributed by atoms with Crippen LogP contribution in [0.5, 0.6) is 11.5 Å². The molecule has 2 rings (SSSR count). The quantitative estimate of drug-likeness (QED) is 0.697. The van der Waals surface area contributed by atoms with E-state index in [1.807, 2.05) is 44.2 Å². The molecule has 2 atom stereocenters. The predicted octanol–water partition coefficient (Wildman–Crippen LogP) is 2.97. The van der Waals surface area contributed by atoms with Gasteiger partial charge in [0.2, 0.25) is 0 Å². The molecule has 0 aliphatic heterocycles. The van der Waals surface area contributed by atoms with Crippen molar-refractivity contribution in [2.45, 2.75) is 39.3 Å². The van der Waals surface area contributed by atoms with Gasteiger partial charge in [-0.2, -0.15) is 0 Å². The van der Waals surface area contributed by atoms with Gasteiger partial charge in [-0.1, -0.05) is 24.3 Å². The predicted molar refractivity (Wildman–Crippen MR) is 96.7 cm³/mol. The number of rotatable bonds is 8. The second-order valence-corrected chi connectivity index (χ2v) is 6.34. The van der Waals surface area contributed by atoms with Crippen molar-refractivity contribution in [2.75, 3.05) is 13.2 Å². The topological polar surface area (TPSA) is 61.7 Å². The molecule has 0 amide bonds. The number of aliphatic hydroxyl groups is 1. The molecular formula is C20H27NO3. The van der Waals surface area contributed by atoms with Crippen LogP contribution >= 0.6 is 0 Å². The SMILES string of the molecule is Cc1cccc(OCC(O)CNC(C)Cc2ccc(O)cc2)c1C. The zero-order valence-electron chi connectivity index (χ0n) is 14.6. The van der Waals surface area contributed by atoms with Gasteiger partial charge in [-0.25, -0.2) is 0 Å². The van der Waals surface area contributed by atoms with E-state index in [2.05, 4.69) is 12.2 Å². The number of aliphatic hydroxyl groups excluding tert-OH is 1. The van der Waals surface area contributed by atoms with E-state index in [9.17, 15) is 10.2 Å². The molecule has 2 aromatic rings. The summed E-state index contributed by atoms with van der Waals surface area (Å²) in [7, 11) is 0. The van der Waals surface area contributed by atoms with Gasteiger partial charge in [-0.15, -0.1) is 0 Å². The highest BCUT2D eigenvalue weighted by molar-refractivity contribution is 5.38. The first-order valence-electron chi connectivity index (χ1n) is 8.34. The lowest BCUT2D eigenvalue weighted by Crippen LogP contribution is -2.37. The average molecular weight is 329 g/mol. The molecule has 0 aliphatic rings. The fourth-order valence-corrected chi connectivity index (χ4v) is 2.52. The number of hydrogen-bond donors (Lipinski definition) is 3. The Morgan fingerprint density at radius 3 is 2.50 bits per heavy atom. The van der Waals surface area contributed by atoms with E-state index in [0.717, 1.165) is 23.3 Å². The minimum absolute atomic E-state index is 0.227. The Morgan fingerprint density at radius 1 is 1.08 bits per heavy atom. The monoisotopic (exact) mass is 329 g/mol. The zero-order valence-corrected chi connectivity index (χ0v) is 14.6. The minimum atomic E-state index is -0.563. The van der Waals surface area contributed by atoms with Crippen molar-refractivity contribution >= 4 is 0 Å². The van der Waals surface area contributed by atoms with Crippen molar-refractivity contribution in [3.8, 4) is 11.5 Å². The third kappa shape index (κ3) is 5.55. The molecule has 0 fully saturated rings. The average Bonchev–Trinajstić information content (AvgIpc) is 2.56. The van der Waals surface area contributed by atoms with Crippen LogP contribution in [0.2, 0.25) is 0 Å². The van der Waals surface area contributed by atoms with Gasteiger partial charge in [-0.3, -0.25) is 0 Å². The Morgan fingerprint density at radius 2 is 1.79 bits per heavy atom. The Hall–Kier alpha value is -2.04. The highest BCUT2D eigenvalue weighted by atomic mass is 16.5. The fourth-order valence-electron chi connectivity index (χ4n) is 2.52. The molecule has 2 unspecified atom stereocenters. The van der Waals surface area contributed by atoms with Crippen LogP contribution in [-0.2, 0) is 6.42 Å². The van der Waals surface area contributed by atoms with Gasteiger partial charge in [0.05, 0.1) is 0 Å². The van der Waals surface area contributed by atoms with Crippen LogP contribution in [0, 0.1) is 13.8 Å². The smallest absolute Gasteiger partial charge is 0.122 e. The molecular weight excluding hydrogens is 302 g/mol. The molecule has 4 nitrogen and oxygen atoms in total. The van der Waals surface area contributed by atoms with Crippen molar-refractivity contribution in [2.24, 2.45) is 0 Å². The molecule has 0 heterocycles. The Kier molecular flexibility index (Phi) is 6.64. The first-order chi connectivity index (χ1) is 11.5. The lowest BCUT2D eigenvalue weighted by molar-refractivity contribution is 0.104. The molecule has 0 saturated carbocycles. The van der Waals surface area contributed by atoms with E-state index in [0.29, 0.717) is 6.54 Å². The van der Waals surface area contributed by atoms with Crippen molar-refractivity contribution < 1.29 is 14.9 Å². The standard InChI is InChI=1S/C20H27NO3/c1-14-5-4-6-20(16(14)3)24-13-19(23)12-21-15(2)11-17-7-9-18(22)10-8-17/h4-10,15,19,21-23H,11-13H2,1-3H3. The van der Waals surface area contributed by atoms with Crippen LogP contribution in [0.1, 0.15) is 23.6 Å². The van der Waals surface area contributed by atoms with Gasteiger partial charge in [0.25, 0.3) is 0 Å². The highest BCUT2D eigenvalue weighted by Gasteiger charge is 2.10. The summed E-state index contributed by atoms with van der Waals surface area (Å²) in [6, 6.07) is 13.4. The molecule has 0 aliphatic carbocycles. The number of aryl methyl sites for hydroxylation is 1. The number of phenolic OH excluding ortho intramolecular Hbond substituents is 1. The number of phenols is 1. The maximum absolute atomic E-state index is 10.1.